The zero-order valence-electron chi connectivity index (χ0n) is 18.2. The predicted octanol–water partition coefficient (Wildman–Crippen LogP) is 3.16. The minimum absolute atomic E-state index is 0.107. The molecule has 170 valence electrons. The van der Waals surface area contributed by atoms with Crippen LogP contribution < -0.4 is 10.9 Å². The van der Waals surface area contributed by atoms with Crippen molar-refractivity contribution in [3.63, 3.8) is 0 Å². The number of hydrogen-bond donors (Lipinski definition) is 3. The van der Waals surface area contributed by atoms with Gasteiger partial charge < -0.3 is 10.0 Å². The van der Waals surface area contributed by atoms with Crippen molar-refractivity contribution in [1.29, 1.82) is 0 Å². The molecule has 0 aliphatic carbocycles. The number of para-hydroxylation sites is 1. The van der Waals surface area contributed by atoms with Crippen LogP contribution in [0.1, 0.15) is 33.7 Å². The van der Waals surface area contributed by atoms with Gasteiger partial charge in [0.15, 0.2) is 0 Å². The molecule has 5 rings (SSSR count). The fraction of sp³-hybridized carbons (Fsp3) is 0.154. The van der Waals surface area contributed by atoms with Crippen molar-refractivity contribution in [2.24, 2.45) is 0 Å². The summed E-state index contributed by atoms with van der Waals surface area (Å²) in [5, 5.41) is 13.0. The Morgan fingerprint density at radius 2 is 1.62 bits per heavy atom. The zero-order chi connectivity index (χ0) is 23.7. The molecule has 0 saturated carbocycles. The quantitative estimate of drug-likeness (QED) is 0.412. The summed E-state index contributed by atoms with van der Waals surface area (Å²) < 4.78 is 0. The molecule has 0 radical (unpaired) electrons. The van der Waals surface area contributed by atoms with Crippen molar-refractivity contribution < 1.29 is 19.5 Å². The number of fused-ring (bicyclic) bond motifs is 2. The van der Waals surface area contributed by atoms with Crippen molar-refractivity contribution in [2.75, 3.05) is 6.54 Å². The number of amides is 3. The van der Waals surface area contributed by atoms with E-state index in [0.29, 0.717) is 30.3 Å². The van der Waals surface area contributed by atoms with Gasteiger partial charge in [0.25, 0.3) is 17.7 Å². The number of phenols is 1. The van der Waals surface area contributed by atoms with Gasteiger partial charge in [-0.2, -0.15) is 0 Å². The first-order valence-corrected chi connectivity index (χ1v) is 11.0. The molecular formula is C26H22N4O4. The second-order valence-electron chi connectivity index (χ2n) is 8.17. The lowest BCUT2D eigenvalue weighted by Crippen LogP contribution is -2.51. The molecule has 3 amide bonds. The van der Waals surface area contributed by atoms with Crippen LogP contribution in [0.5, 0.6) is 5.75 Å². The third kappa shape index (κ3) is 3.90. The van der Waals surface area contributed by atoms with Gasteiger partial charge in [-0.3, -0.25) is 25.2 Å². The Labute approximate surface area is 195 Å². The van der Waals surface area contributed by atoms with Crippen LogP contribution in [0.15, 0.2) is 72.8 Å². The second kappa shape index (κ2) is 8.82. The average Bonchev–Trinajstić information content (AvgIpc) is 3.37. The SMILES string of the molecule is O=C(NNC(=O)C1CCCN1C(=O)c1ccc2ccccc2c1O)c1ccc2ccccc2n1. The van der Waals surface area contributed by atoms with Crippen LogP contribution in [0.25, 0.3) is 21.7 Å². The first-order valence-electron chi connectivity index (χ1n) is 11.0. The Morgan fingerprint density at radius 1 is 0.882 bits per heavy atom. The molecule has 1 aliphatic rings. The van der Waals surface area contributed by atoms with E-state index in [1.54, 1.807) is 42.5 Å². The molecule has 8 nitrogen and oxygen atoms in total. The van der Waals surface area contributed by atoms with E-state index in [9.17, 15) is 19.5 Å². The molecule has 1 unspecified atom stereocenters. The summed E-state index contributed by atoms with van der Waals surface area (Å²) in [7, 11) is 0. The molecule has 1 aromatic heterocycles. The Balaban J connectivity index is 1.28. The van der Waals surface area contributed by atoms with Gasteiger partial charge in [0, 0.05) is 17.3 Å². The number of pyridine rings is 1. The first kappa shape index (κ1) is 21.4. The Kier molecular flexibility index (Phi) is 5.55. The van der Waals surface area contributed by atoms with Gasteiger partial charge in [-0.25, -0.2) is 4.98 Å². The number of aromatic hydroxyl groups is 1. The summed E-state index contributed by atoms with van der Waals surface area (Å²) >= 11 is 0. The number of hydrazine groups is 1. The molecule has 34 heavy (non-hydrogen) atoms. The number of rotatable bonds is 3. The van der Waals surface area contributed by atoms with Crippen LogP contribution in [0.4, 0.5) is 0 Å². The number of benzene rings is 3. The van der Waals surface area contributed by atoms with Crippen LogP contribution in [-0.2, 0) is 4.79 Å². The molecule has 3 aromatic carbocycles. The molecule has 4 aromatic rings. The topological polar surface area (TPSA) is 112 Å². The third-order valence-electron chi connectivity index (χ3n) is 6.08. The first-order chi connectivity index (χ1) is 16.5. The summed E-state index contributed by atoms with van der Waals surface area (Å²) in [4.78, 5) is 44.3. The second-order valence-corrected chi connectivity index (χ2v) is 8.17. The minimum Gasteiger partial charge on any atom is -0.506 e. The summed E-state index contributed by atoms with van der Waals surface area (Å²) in [6.07, 6.45) is 1.09. The smallest absolute Gasteiger partial charge is 0.288 e. The van der Waals surface area contributed by atoms with Gasteiger partial charge in [-0.15, -0.1) is 0 Å². The number of nitrogens with zero attached hydrogens (tertiary/aromatic N) is 2. The highest BCUT2D eigenvalue weighted by Crippen LogP contribution is 2.31. The van der Waals surface area contributed by atoms with Gasteiger partial charge >= 0.3 is 0 Å². The van der Waals surface area contributed by atoms with Gasteiger partial charge in [0.05, 0.1) is 11.1 Å². The van der Waals surface area contributed by atoms with E-state index in [4.69, 9.17) is 0 Å². The van der Waals surface area contributed by atoms with E-state index in [2.05, 4.69) is 15.8 Å². The standard InChI is InChI=1S/C26H22N4O4/c31-23-18-8-3-1-6-16(18)11-13-19(23)26(34)30-15-5-10-22(30)25(33)29-28-24(32)21-14-12-17-7-2-4-9-20(17)27-21/h1-4,6-9,11-14,22,31H,5,10,15H2,(H,28,32)(H,29,33). The normalized spacial score (nSPS) is 15.4. The van der Waals surface area contributed by atoms with Gasteiger partial charge in [-0.1, -0.05) is 54.6 Å². The largest absolute Gasteiger partial charge is 0.506 e. The lowest BCUT2D eigenvalue weighted by atomic mass is 10.0. The average molecular weight is 454 g/mol. The Morgan fingerprint density at radius 3 is 2.47 bits per heavy atom. The molecule has 2 heterocycles. The molecule has 0 bridgehead atoms. The summed E-state index contributed by atoms with van der Waals surface area (Å²) in [6.45, 7) is 0.378. The van der Waals surface area contributed by atoms with E-state index in [0.717, 1.165) is 10.8 Å². The highest BCUT2D eigenvalue weighted by atomic mass is 16.3. The summed E-state index contributed by atoms with van der Waals surface area (Å²) in [5.41, 5.74) is 5.78. The third-order valence-corrected chi connectivity index (χ3v) is 6.08. The van der Waals surface area contributed by atoms with Crippen molar-refractivity contribution >= 4 is 39.4 Å². The van der Waals surface area contributed by atoms with Crippen LogP contribution in [0, 0.1) is 0 Å². The molecule has 3 N–H and O–H groups in total. The van der Waals surface area contributed by atoms with Gasteiger partial charge in [0.2, 0.25) is 0 Å². The van der Waals surface area contributed by atoms with Gasteiger partial charge in [-0.05, 0) is 36.4 Å². The fourth-order valence-corrected chi connectivity index (χ4v) is 4.32. The monoisotopic (exact) mass is 454 g/mol. The number of hydrogen-bond acceptors (Lipinski definition) is 5. The number of likely N-dealkylation sites (tertiary alicyclic amines) is 1. The molecule has 1 fully saturated rings. The maximum atomic E-state index is 13.2. The molecule has 1 aliphatic heterocycles. The zero-order valence-corrected chi connectivity index (χ0v) is 18.2. The Hall–Kier alpha value is -4.46. The van der Waals surface area contributed by atoms with E-state index in [1.165, 1.54) is 4.90 Å². The predicted molar refractivity (Wildman–Crippen MR) is 127 cm³/mol. The number of phenolic OH excluding ortho intramolecular Hbond substituents is 1. The van der Waals surface area contributed by atoms with Crippen LogP contribution in [0.3, 0.4) is 0 Å². The van der Waals surface area contributed by atoms with E-state index < -0.39 is 23.8 Å². The lowest BCUT2D eigenvalue weighted by Gasteiger charge is -2.24. The van der Waals surface area contributed by atoms with E-state index in [1.807, 2.05) is 30.3 Å². The number of carbonyl (C=O) groups is 3. The van der Waals surface area contributed by atoms with Crippen LogP contribution in [0.2, 0.25) is 0 Å². The maximum absolute atomic E-state index is 13.2. The fourth-order valence-electron chi connectivity index (χ4n) is 4.32. The minimum atomic E-state index is -0.761. The highest BCUT2D eigenvalue weighted by Gasteiger charge is 2.35. The van der Waals surface area contributed by atoms with Gasteiger partial charge in [0.1, 0.15) is 17.5 Å². The highest BCUT2D eigenvalue weighted by molar-refractivity contribution is 6.05. The van der Waals surface area contributed by atoms with Crippen molar-refractivity contribution in [1.82, 2.24) is 20.7 Å². The lowest BCUT2D eigenvalue weighted by molar-refractivity contribution is -0.125. The number of nitrogens with one attached hydrogen (secondary N) is 2. The molecule has 1 saturated heterocycles. The Bertz CT molecular complexity index is 1440. The molecule has 1 atom stereocenters. The van der Waals surface area contributed by atoms with Crippen molar-refractivity contribution in [3.8, 4) is 5.75 Å². The van der Waals surface area contributed by atoms with Crippen molar-refractivity contribution in [3.05, 3.63) is 84.1 Å². The van der Waals surface area contributed by atoms with Crippen molar-refractivity contribution in [2.45, 2.75) is 18.9 Å². The number of carbonyl (C=O) groups excluding carboxylic acids is 3. The number of aromatic nitrogens is 1. The van der Waals surface area contributed by atoms with E-state index >= 15 is 0 Å². The molecular weight excluding hydrogens is 432 g/mol. The molecule has 0 spiro atoms. The summed E-state index contributed by atoms with van der Waals surface area (Å²) in [5.74, 6) is -1.59. The van der Waals surface area contributed by atoms with Crippen LogP contribution >= 0.6 is 0 Å². The van der Waals surface area contributed by atoms with E-state index in [-0.39, 0.29) is 17.0 Å². The summed E-state index contributed by atoms with van der Waals surface area (Å²) in [6, 6.07) is 20.6. The van der Waals surface area contributed by atoms with Crippen LogP contribution in [-0.4, -0.2) is 45.3 Å². The maximum Gasteiger partial charge on any atom is 0.288 e. The molecule has 8 heteroatoms.